The van der Waals surface area contributed by atoms with Crippen LogP contribution in [0.15, 0.2) is 54.6 Å². The monoisotopic (exact) mass is 432 g/mol. The maximum Gasteiger partial charge on any atom is 0.258 e. The zero-order valence-electron chi connectivity index (χ0n) is 17.5. The van der Waals surface area contributed by atoms with Crippen LogP contribution in [0.5, 0.6) is 0 Å². The lowest BCUT2D eigenvalue weighted by molar-refractivity contribution is 0.100. The van der Waals surface area contributed by atoms with Gasteiger partial charge in [0.2, 0.25) is 0 Å². The number of nitrogens with one attached hydrogen (secondary N) is 2. The fourth-order valence-electron chi connectivity index (χ4n) is 3.85. The summed E-state index contributed by atoms with van der Waals surface area (Å²) >= 11 is 1.49. The lowest BCUT2D eigenvalue weighted by Gasteiger charge is -2.18. The second-order valence-corrected chi connectivity index (χ2v) is 9.07. The van der Waals surface area contributed by atoms with Gasteiger partial charge >= 0.3 is 0 Å². The Kier molecular flexibility index (Phi) is 6.00. The van der Waals surface area contributed by atoms with Gasteiger partial charge in [-0.3, -0.25) is 14.4 Å². The van der Waals surface area contributed by atoms with Crippen LogP contribution in [0.4, 0.5) is 10.7 Å². The van der Waals surface area contributed by atoms with Crippen molar-refractivity contribution in [1.82, 2.24) is 0 Å². The Labute approximate surface area is 185 Å². The van der Waals surface area contributed by atoms with E-state index in [0.29, 0.717) is 33.3 Å². The number of amides is 2. The van der Waals surface area contributed by atoms with E-state index in [1.807, 2.05) is 18.2 Å². The van der Waals surface area contributed by atoms with Gasteiger partial charge in [-0.05, 0) is 61.9 Å². The Balaban J connectivity index is 1.66. The number of rotatable bonds is 5. The van der Waals surface area contributed by atoms with Gasteiger partial charge in [-0.15, -0.1) is 11.3 Å². The highest BCUT2D eigenvalue weighted by atomic mass is 32.1. The van der Waals surface area contributed by atoms with E-state index in [1.54, 1.807) is 36.4 Å². The summed E-state index contributed by atoms with van der Waals surface area (Å²) in [5.74, 6) is -0.0169. The molecule has 1 aliphatic rings. The third-order valence-corrected chi connectivity index (χ3v) is 6.70. The van der Waals surface area contributed by atoms with Crippen molar-refractivity contribution >= 4 is 39.6 Å². The van der Waals surface area contributed by atoms with Crippen molar-refractivity contribution in [2.45, 2.75) is 33.1 Å². The Morgan fingerprint density at radius 2 is 1.68 bits per heavy atom. The quantitative estimate of drug-likeness (QED) is 0.517. The molecular formula is C25H24N2O3S. The number of benzene rings is 2. The smallest absolute Gasteiger partial charge is 0.258 e. The average molecular weight is 433 g/mol. The largest absolute Gasteiger partial charge is 0.322 e. The SMILES string of the molecule is CC(=O)c1cccc(NC(=O)c2c(NC(=O)c3ccccc3)sc3c2CCC(C)C3)c1. The third-order valence-electron chi connectivity index (χ3n) is 5.53. The fourth-order valence-corrected chi connectivity index (χ4v) is 5.26. The molecule has 0 bridgehead atoms. The molecule has 0 saturated heterocycles. The van der Waals surface area contributed by atoms with Gasteiger partial charge in [-0.1, -0.05) is 37.3 Å². The summed E-state index contributed by atoms with van der Waals surface area (Å²) in [4.78, 5) is 38.9. The number of hydrogen-bond donors (Lipinski definition) is 2. The van der Waals surface area contributed by atoms with Crippen molar-refractivity contribution in [2.24, 2.45) is 5.92 Å². The molecule has 4 rings (SSSR count). The van der Waals surface area contributed by atoms with E-state index in [1.165, 1.54) is 18.3 Å². The molecule has 3 aromatic rings. The molecule has 2 amide bonds. The van der Waals surface area contributed by atoms with Crippen LogP contribution in [0.2, 0.25) is 0 Å². The Morgan fingerprint density at radius 1 is 0.935 bits per heavy atom. The van der Waals surface area contributed by atoms with Gasteiger partial charge < -0.3 is 10.6 Å². The number of Topliss-reactive ketones (excluding diaryl/α,β-unsaturated/α-hetero) is 1. The van der Waals surface area contributed by atoms with E-state index in [0.717, 1.165) is 29.7 Å². The Bertz CT molecular complexity index is 1150. The van der Waals surface area contributed by atoms with Crippen LogP contribution in [0.1, 0.15) is 61.8 Å². The van der Waals surface area contributed by atoms with E-state index in [2.05, 4.69) is 17.6 Å². The topological polar surface area (TPSA) is 75.3 Å². The minimum absolute atomic E-state index is 0.0613. The average Bonchev–Trinajstić information content (AvgIpc) is 3.11. The van der Waals surface area contributed by atoms with Gasteiger partial charge in [0.1, 0.15) is 5.00 Å². The van der Waals surface area contributed by atoms with Gasteiger partial charge in [0, 0.05) is 21.7 Å². The van der Waals surface area contributed by atoms with Crippen LogP contribution in [0.25, 0.3) is 0 Å². The fraction of sp³-hybridized carbons (Fsp3) is 0.240. The minimum atomic E-state index is -0.267. The second kappa shape index (κ2) is 8.86. The molecule has 31 heavy (non-hydrogen) atoms. The molecule has 0 spiro atoms. The first-order chi connectivity index (χ1) is 14.9. The number of hydrogen-bond acceptors (Lipinski definition) is 4. The maximum atomic E-state index is 13.3. The van der Waals surface area contributed by atoms with Gasteiger partial charge in [0.05, 0.1) is 5.56 Å². The first kappa shape index (κ1) is 21.0. The standard InChI is InChI=1S/C25H24N2O3S/c1-15-11-12-20-21(13-15)31-25(27-23(29)17-7-4-3-5-8-17)22(20)24(30)26-19-10-6-9-18(14-19)16(2)28/h3-10,14-15H,11-13H2,1-2H3,(H,26,30)(H,27,29). The summed E-state index contributed by atoms with van der Waals surface area (Å²) in [5, 5.41) is 6.46. The zero-order valence-corrected chi connectivity index (χ0v) is 18.3. The second-order valence-electron chi connectivity index (χ2n) is 7.97. The van der Waals surface area contributed by atoms with Gasteiger partial charge in [0.25, 0.3) is 11.8 Å². The first-order valence-corrected chi connectivity index (χ1v) is 11.2. The highest BCUT2D eigenvalue weighted by Gasteiger charge is 2.28. The van der Waals surface area contributed by atoms with Crippen molar-refractivity contribution in [3.63, 3.8) is 0 Å². The van der Waals surface area contributed by atoms with Crippen LogP contribution in [-0.4, -0.2) is 17.6 Å². The number of thiophene rings is 1. The maximum absolute atomic E-state index is 13.3. The molecular weight excluding hydrogens is 408 g/mol. The summed E-state index contributed by atoms with van der Waals surface area (Å²) in [6.45, 7) is 3.70. The van der Waals surface area contributed by atoms with Crippen LogP contribution >= 0.6 is 11.3 Å². The highest BCUT2D eigenvalue weighted by molar-refractivity contribution is 7.17. The number of ketones is 1. The van der Waals surface area contributed by atoms with Crippen molar-refractivity contribution in [3.8, 4) is 0 Å². The molecule has 6 heteroatoms. The van der Waals surface area contributed by atoms with Crippen molar-refractivity contribution in [2.75, 3.05) is 10.6 Å². The van der Waals surface area contributed by atoms with Gasteiger partial charge in [0.15, 0.2) is 5.78 Å². The molecule has 5 nitrogen and oxygen atoms in total. The molecule has 0 fully saturated rings. The number of carbonyl (C=O) groups excluding carboxylic acids is 3. The molecule has 2 aromatic carbocycles. The molecule has 1 aromatic heterocycles. The van der Waals surface area contributed by atoms with E-state index < -0.39 is 0 Å². The van der Waals surface area contributed by atoms with Crippen LogP contribution in [0.3, 0.4) is 0 Å². The van der Waals surface area contributed by atoms with E-state index in [4.69, 9.17) is 0 Å². The van der Waals surface area contributed by atoms with Gasteiger partial charge in [-0.2, -0.15) is 0 Å². The van der Waals surface area contributed by atoms with Crippen LogP contribution in [-0.2, 0) is 12.8 Å². The van der Waals surface area contributed by atoms with Crippen LogP contribution < -0.4 is 10.6 Å². The molecule has 1 heterocycles. The molecule has 2 N–H and O–H groups in total. The first-order valence-electron chi connectivity index (χ1n) is 10.4. The Morgan fingerprint density at radius 3 is 2.42 bits per heavy atom. The third kappa shape index (κ3) is 4.59. The lowest BCUT2D eigenvalue weighted by Crippen LogP contribution is -2.19. The van der Waals surface area contributed by atoms with Crippen molar-refractivity contribution < 1.29 is 14.4 Å². The molecule has 158 valence electrons. The molecule has 1 aliphatic carbocycles. The van der Waals surface area contributed by atoms with E-state index >= 15 is 0 Å². The summed E-state index contributed by atoms with van der Waals surface area (Å²) in [5.41, 5.74) is 3.19. The number of fused-ring (bicyclic) bond motifs is 1. The summed E-state index contributed by atoms with van der Waals surface area (Å²) in [6.07, 6.45) is 2.72. The normalized spacial score (nSPS) is 15.1. The summed E-state index contributed by atoms with van der Waals surface area (Å²) in [6, 6.07) is 15.9. The van der Waals surface area contributed by atoms with Crippen LogP contribution in [0, 0.1) is 5.92 Å². The minimum Gasteiger partial charge on any atom is -0.322 e. The zero-order chi connectivity index (χ0) is 22.0. The molecule has 1 unspecified atom stereocenters. The molecule has 1 atom stereocenters. The van der Waals surface area contributed by atoms with Crippen molar-refractivity contribution in [1.29, 1.82) is 0 Å². The number of carbonyl (C=O) groups is 3. The molecule has 0 radical (unpaired) electrons. The van der Waals surface area contributed by atoms with Crippen molar-refractivity contribution in [3.05, 3.63) is 81.7 Å². The van der Waals surface area contributed by atoms with E-state index in [-0.39, 0.29) is 17.6 Å². The van der Waals surface area contributed by atoms with E-state index in [9.17, 15) is 14.4 Å². The predicted octanol–water partition coefficient (Wildman–Crippen LogP) is 5.58. The van der Waals surface area contributed by atoms with Gasteiger partial charge in [-0.25, -0.2) is 0 Å². The lowest BCUT2D eigenvalue weighted by atomic mass is 9.88. The molecule has 0 aliphatic heterocycles. The summed E-state index contributed by atoms with van der Waals surface area (Å²) < 4.78 is 0. The highest BCUT2D eigenvalue weighted by Crippen LogP contribution is 2.40. The Hall–Kier alpha value is -3.25. The molecule has 0 saturated carbocycles. The predicted molar refractivity (Wildman–Crippen MR) is 124 cm³/mol. The summed E-state index contributed by atoms with van der Waals surface area (Å²) in [7, 11) is 0. The number of anilines is 2.